The number of carbonyl (C=O) groups excluding carboxylic acids is 1. The quantitative estimate of drug-likeness (QED) is 0.893. The molecule has 116 valence electrons. The molecule has 2 heterocycles. The second kappa shape index (κ2) is 6.20. The Kier molecular flexibility index (Phi) is 4.74. The van der Waals surface area contributed by atoms with E-state index in [1.165, 1.54) is 0 Å². The normalized spacial score (nSPS) is 20.4. The minimum atomic E-state index is -0.509. The Morgan fingerprint density at radius 3 is 2.90 bits per heavy atom. The van der Waals surface area contributed by atoms with E-state index in [1.807, 2.05) is 32.9 Å². The van der Waals surface area contributed by atoms with Gasteiger partial charge in [-0.05, 0) is 24.0 Å². The standard InChI is InChI=1S/C15H23ClN4O/c1-15(2,3)12(17)14(21)19-10-6-8-20(9-10)13-11(16)5-4-7-18-13/h4-5,7,10,12H,6,8-9,17H2,1-3H3,(H,19,21)/t10?,12-/m1/s1. The number of rotatable bonds is 3. The molecule has 2 atom stereocenters. The third-order valence-corrected chi connectivity index (χ3v) is 4.08. The van der Waals surface area contributed by atoms with Crippen LogP contribution in [0.3, 0.4) is 0 Å². The number of hydrogen-bond donors (Lipinski definition) is 2. The van der Waals surface area contributed by atoms with Gasteiger partial charge in [0.05, 0.1) is 11.1 Å². The average molecular weight is 311 g/mol. The second-order valence-corrected chi connectivity index (χ2v) is 7.00. The summed E-state index contributed by atoms with van der Waals surface area (Å²) in [6.45, 7) is 7.43. The van der Waals surface area contributed by atoms with Crippen LogP contribution in [0.25, 0.3) is 0 Å². The van der Waals surface area contributed by atoms with E-state index in [2.05, 4.69) is 15.2 Å². The molecule has 1 amide bonds. The van der Waals surface area contributed by atoms with Crippen molar-refractivity contribution in [2.75, 3.05) is 18.0 Å². The fraction of sp³-hybridized carbons (Fsp3) is 0.600. The second-order valence-electron chi connectivity index (χ2n) is 6.59. The summed E-state index contributed by atoms with van der Waals surface area (Å²) in [6.07, 6.45) is 2.60. The fourth-order valence-electron chi connectivity index (χ4n) is 2.36. The van der Waals surface area contributed by atoms with Gasteiger partial charge in [0, 0.05) is 25.3 Å². The number of halogens is 1. The van der Waals surface area contributed by atoms with Gasteiger partial charge in [-0.25, -0.2) is 4.98 Å². The van der Waals surface area contributed by atoms with Crippen LogP contribution in [0.4, 0.5) is 5.82 Å². The van der Waals surface area contributed by atoms with Crippen LogP contribution in [-0.4, -0.2) is 36.1 Å². The molecule has 1 aliphatic rings. The molecule has 0 aromatic carbocycles. The fourth-order valence-corrected chi connectivity index (χ4v) is 2.61. The molecule has 0 saturated carbocycles. The van der Waals surface area contributed by atoms with Gasteiger partial charge in [0.15, 0.2) is 0 Å². The van der Waals surface area contributed by atoms with E-state index >= 15 is 0 Å². The zero-order valence-corrected chi connectivity index (χ0v) is 13.5. The van der Waals surface area contributed by atoms with Crippen LogP contribution in [0, 0.1) is 5.41 Å². The van der Waals surface area contributed by atoms with Crippen LogP contribution in [-0.2, 0) is 4.79 Å². The number of pyridine rings is 1. The first-order valence-corrected chi connectivity index (χ1v) is 7.58. The molecule has 1 fully saturated rings. The Morgan fingerprint density at radius 2 is 2.29 bits per heavy atom. The Hall–Kier alpha value is -1.33. The highest BCUT2D eigenvalue weighted by Crippen LogP contribution is 2.26. The topological polar surface area (TPSA) is 71.2 Å². The Bertz CT molecular complexity index is 515. The van der Waals surface area contributed by atoms with E-state index < -0.39 is 6.04 Å². The summed E-state index contributed by atoms with van der Waals surface area (Å²) >= 11 is 6.16. The maximum absolute atomic E-state index is 12.2. The lowest BCUT2D eigenvalue weighted by Gasteiger charge is -2.27. The Balaban J connectivity index is 1.95. The first-order valence-electron chi connectivity index (χ1n) is 7.20. The largest absolute Gasteiger partial charge is 0.353 e. The van der Waals surface area contributed by atoms with Gasteiger partial charge < -0.3 is 16.0 Å². The molecular formula is C15H23ClN4O. The molecule has 5 nitrogen and oxygen atoms in total. The van der Waals surface area contributed by atoms with Crippen molar-refractivity contribution in [2.24, 2.45) is 11.1 Å². The van der Waals surface area contributed by atoms with E-state index in [0.717, 1.165) is 18.8 Å². The zero-order chi connectivity index (χ0) is 15.6. The number of carbonyl (C=O) groups is 1. The van der Waals surface area contributed by atoms with E-state index in [4.69, 9.17) is 17.3 Å². The molecule has 1 aliphatic heterocycles. The minimum Gasteiger partial charge on any atom is -0.353 e. The molecule has 21 heavy (non-hydrogen) atoms. The SMILES string of the molecule is CC(C)(C)[C@H](N)C(=O)NC1CCN(c2ncccc2Cl)C1. The van der Waals surface area contributed by atoms with Crippen LogP contribution in [0.1, 0.15) is 27.2 Å². The molecule has 0 radical (unpaired) electrons. The highest BCUT2D eigenvalue weighted by Gasteiger charge is 2.31. The van der Waals surface area contributed by atoms with Crippen molar-refractivity contribution >= 4 is 23.3 Å². The van der Waals surface area contributed by atoms with E-state index in [1.54, 1.807) is 6.20 Å². The monoisotopic (exact) mass is 310 g/mol. The molecule has 1 aromatic rings. The van der Waals surface area contributed by atoms with E-state index in [9.17, 15) is 4.79 Å². The van der Waals surface area contributed by atoms with Crippen LogP contribution < -0.4 is 16.0 Å². The van der Waals surface area contributed by atoms with Gasteiger partial charge in [-0.2, -0.15) is 0 Å². The van der Waals surface area contributed by atoms with Gasteiger partial charge in [-0.15, -0.1) is 0 Å². The molecule has 0 bridgehead atoms. The molecule has 2 rings (SSSR count). The van der Waals surface area contributed by atoms with Crippen molar-refractivity contribution in [3.63, 3.8) is 0 Å². The van der Waals surface area contributed by atoms with Crippen molar-refractivity contribution in [3.05, 3.63) is 23.4 Å². The van der Waals surface area contributed by atoms with Gasteiger partial charge >= 0.3 is 0 Å². The summed E-state index contributed by atoms with van der Waals surface area (Å²) in [4.78, 5) is 18.6. The van der Waals surface area contributed by atoms with Gasteiger partial charge in [0.25, 0.3) is 0 Å². The highest BCUT2D eigenvalue weighted by atomic mass is 35.5. The summed E-state index contributed by atoms with van der Waals surface area (Å²) < 4.78 is 0. The predicted molar refractivity (Wildman–Crippen MR) is 85.4 cm³/mol. The lowest BCUT2D eigenvalue weighted by molar-refractivity contribution is -0.125. The van der Waals surface area contributed by atoms with Crippen molar-refractivity contribution in [2.45, 2.75) is 39.3 Å². The van der Waals surface area contributed by atoms with Crippen LogP contribution in [0.15, 0.2) is 18.3 Å². The third-order valence-electron chi connectivity index (χ3n) is 3.79. The van der Waals surface area contributed by atoms with Crippen LogP contribution in [0.2, 0.25) is 5.02 Å². The maximum Gasteiger partial charge on any atom is 0.237 e. The first-order chi connectivity index (χ1) is 9.79. The summed E-state index contributed by atoms with van der Waals surface area (Å²) in [7, 11) is 0. The number of nitrogens with two attached hydrogens (primary N) is 1. The molecule has 1 unspecified atom stereocenters. The number of hydrogen-bond acceptors (Lipinski definition) is 4. The number of nitrogens with one attached hydrogen (secondary N) is 1. The van der Waals surface area contributed by atoms with E-state index in [0.29, 0.717) is 11.6 Å². The molecule has 1 aromatic heterocycles. The smallest absolute Gasteiger partial charge is 0.237 e. The molecule has 6 heteroatoms. The summed E-state index contributed by atoms with van der Waals surface area (Å²) in [5.41, 5.74) is 5.74. The number of aromatic nitrogens is 1. The first kappa shape index (κ1) is 16.0. The predicted octanol–water partition coefficient (Wildman–Crippen LogP) is 1.80. The average Bonchev–Trinajstić information content (AvgIpc) is 2.85. The lowest BCUT2D eigenvalue weighted by atomic mass is 9.87. The van der Waals surface area contributed by atoms with Crippen molar-refractivity contribution in [1.29, 1.82) is 0 Å². The Labute approximate surface area is 130 Å². The molecular weight excluding hydrogens is 288 g/mol. The van der Waals surface area contributed by atoms with E-state index in [-0.39, 0.29) is 17.4 Å². The van der Waals surface area contributed by atoms with Crippen molar-refractivity contribution in [1.82, 2.24) is 10.3 Å². The zero-order valence-electron chi connectivity index (χ0n) is 12.8. The lowest BCUT2D eigenvalue weighted by Crippen LogP contribution is -2.51. The third kappa shape index (κ3) is 3.86. The Morgan fingerprint density at radius 1 is 1.57 bits per heavy atom. The number of anilines is 1. The van der Waals surface area contributed by atoms with Gasteiger partial charge in [0.1, 0.15) is 5.82 Å². The van der Waals surface area contributed by atoms with Crippen molar-refractivity contribution < 1.29 is 4.79 Å². The molecule has 0 spiro atoms. The van der Waals surface area contributed by atoms with Gasteiger partial charge in [-0.3, -0.25) is 4.79 Å². The van der Waals surface area contributed by atoms with Crippen LogP contribution in [0.5, 0.6) is 0 Å². The van der Waals surface area contributed by atoms with Crippen molar-refractivity contribution in [3.8, 4) is 0 Å². The summed E-state index contributed by atoms with van der Waals surface area (Å²) in [5.74, 6) is 0.678. The molecule has 1 saturated heterocycles. The highest BCUT2D eigenvalue weighted by molar-refractivity contribution is 6.32. The summed E-state index contributed by atoms with van der Waals surface area (Å²) in [5, 5.41) is 3.66. The molecule has 0 aliphatic carbocycles. The number of amides is 1. The summed E-state index contributed by atoms with van der Waals surface area (Å²) in [6, 6.07) is 3.21. The van der Waals surface area contributed by atoms with Gasteiger partial charge in [-0.1, -0.05) is 32.4 Å². The minimum absolute atomic E-state index is 0.0870. The number of nitrogens with zero attached hydrogens (tertiary/aromatic N) is 2. The maximum atomic E-state index is 12.2. The van der Waals surface area contributed by atoms with Gasteiger partial charge in [0.2, 0.25) is 5.91 Å². The molecule has 3 N–H and O–H groups in total. The van der Waals surface area contributed by atoms with Crippen LogP contribution >= 0.6 is 11.6 Å².